The van der Waals surface area contributed by atoms with E-state index in [2.05, 4.69) is 13.8 Å². The van der Waals surface area contributed by atoms with Gasteiger partial charge in [-0.1, -0.05) is 32.6 Å². The van der Waals surface area contributed by atoms with Crippen molar-refractivity contribution >= 4 is 0 Å². The van der Waals surface area contributed by atoms with Crippen LogP contribution < -0.4 is 5.73 Å². The van der Waals surface area contributed by atoms with Crippen molar-refractivity contribution < 1.29 is 4.74 Å². The van der Waals surface area contributed by atoms with E-state index in [1.165, 1.54) is 25.7 Å². The number of unbranched alkanes of at least 4 members (excludes halogenated alkanes) is 3. The summed E-state index contributed by atoms with van der Waals surface area (Å²) in [4.78, 5) is 0. The fourth-order valence-electron chi connectivity index (χ4n) is 1.21. The molecule has 1 atom stereocenters. The van der Waals surface area contributed by atoms with Gasteiger partial charge in [0.2, 0.25) is 0 Å². The van der Waals surface area contributed by atoms with Crippen LogP contribution in [0.2, 0.25) is 0 Å². The molecule has 0 aliphatic heterocycles. The maximum Gasteiger partial charge on any atom is 0.0772 e. The fourth-order valence-corrected chi connectivity index (χ4v) is 1.21. The van der Waals surface area contributed by atoms with Crippen molar-refractivity contribution in [2.45, 2.75) is 51.6 Å². The second-order valence-corrected chi connectivity index (χ2v) is 3.67. The standard InChI is InChI=1S/C10H23NO/c1-4-5-6-7-8-10(2,9-11)12-3/h4-9,11H2,1-3H3. The molecule has 2 N–H and O–H groups in total. The predicted molar refractivity (Wildman–Crippen MR) is 53.2 cm³/mol. The molecule has 0 bridgehead atoms. The highest BCUT2D eigenvalue weighted by Gasteiger charge is 2.20. The Kier molecular flexibility index (Phi) is 6.39. The zero-order valence-corrected chi connectivity index (χ0v) is 8.73. The maximum absolute atomic E-state index is 5.61. The quantitative estimate of drug-likeness (QED) is 0.600. The molecule has 0 aliphatic carbocycles. The summed E-state index contributed by atoms with van der Waals surface area (Å²) in [6.07, 6.45) is 6.22. The van der Waals surface area contributed by atoms with Gasteiger partial charge < -0.3 is 10.5 Å². The van der Waals surface area contributed by atoms with E-state index in [-0.39, 0.29) is 5.60 Å². The minimum atomic E-state index is -0.0895. The van der Waals surface area contributed by atoms with E-state index in [1.807, 2.05) is 0 Å². The molecule has 1 unspecified atom stereocenters. The lowest BCUT2D eigenvalue weighted by atomic mass is 9.98. The molecular weight excluding hydrogens is 150 g/mol. The Morgan fingerprint density at radius 3 is 2.33 bits per heavy atom. The number of ether oxygens (including phenoxy) is 1. The first-order chi connectivity index (χ1) is 5.68. The van der Waals surface area contributed by atoms with E-state index in [9.17, 15) is 0 Å². The monoisotopic (exact) mass is 173 g/mol. The average molecular weight is 173 g/mol. The third kappa shape index (κ3) is 4.73. The minimum Gasteiger partial charge on any atom is -0.377 e. The Morgan fingerprint density at radius 1 is 1.25 bits per heavy atom. The van der Waals surface area contributed by atoms with Gasteiger partial charge in [0, 0.05) is 13.7 Å². The largest absolute Gasteiger partial charge is 0.377 e. The molecule has 2 heteroatoms. The van der Waals surface area contributed by atoms with Gasteiger partial charge in [-0.25, -0.2) is 0 Å². The topological polar surface area (TPSA) is 35.2 Å². The summed E-state index contributed by atoms with van der Waals surface area (Å²) in [6.45, 7) is 4.92. The molecule has 0 fully saturated rings. The highest BCUT2D eigenvalue weighted by Crippen LogP contribution is 2.17. The van der Waals surface area contributed by atoms with E-state index in [1.54, 1.807) is 7.11 Å². The predicted octanol–water partition coefficient (Wildman–Crippen LogP) is 2.32. The van der Waals surface area contributed by atoms with Crippen LogP contribution in [-0.4, -0.2) is 19.3 Å². The third-order valence-corrected chi connectivity index (χ3v) is 2.48. The molecule has 74 valence electrons. The second-order valence-electron chi connectivity index (χ2n) is 3.67. The molecule has 0 aromatic carbocycles. The molecule has 2 nitrogen and oxygen atoms in total. The van der Waals surface area contributed by atoms with Crippen LogP contribution in [0.3, 0.4) is 0 Å². The highest BCUT2D eigenvalue weighted by molar-refractivity contribution is 4.75. The van der Waals surface area contributed by atoms with Gasteiger partial charge in [0.1, 0.15) is 0 Å². The molecule has 0 heterocycles. The Bertz CT molecular complexity index is 100. The van der Waals surface area contributed by atoms with Crippen LogP contribution >= 0.6 is 0 Å². The lowest BCUT2D eigenvalue weighted by Crippen LogP contribution is -2.36. The van der Waals surface area contributed by atoms with Crippen LogP contribution in [0.5, 0.6) is 0 Å². The van der Waals surface area contributed by atoms with E-state index in [0.29, 0.717) is 6.54 Å². The maximum atomic E-state index is 5.61. The average Bonchev–Trinajstić information content (AvgIpc) is 2.12. The first-order valence-electron chi connectivity index (χ1n) is 4.93. The van der Waals surface area contributed by atoms with Gasteiger partial charge in [-0.3, -0.25) is 0 Å². The summed E-state index contributed by atoms with van der Waals surface area (Å²) in [5.74, 6) is 0. The normalized spacial score (nSPS) is 16.0. The molecule has 0 saturated heterocycles. The Balaban J connectivity index is 3.45. The summed E-state index contributed by atoms with van der Waals surface area (Å²) >= 11 is 0. The first kappa shape index (κ1) is 11.9. The van der Waals surface area contributed by atoms with Gasteiger partial charge in [0.15, 0.2) is 0 Å². The molecule has 0 amide bonds. The molecule has 0 aromatic rings. The number of methoxy groups -OCH3 is 1. The number of rotatable bonds is 7. The first-order valence-corrected chi connectivity index (χ1v) is 4.93. The van der Waals surface area contributed by atoms with Gasteiger partial charge in [0.05, 0.1) is 5.60 Å². The van der Waals surface area contributed by atoms with Crippen LogP contribution in [0.15, 0.2) is 0 Å². The number of nitrogens with two attached hydrogens (primary N) is 1. The molecule has 0 spiro atoms. The Labute approximate surface area is 76.5 Å². The van der Waals surface area contributed by atoms with Crippen LogP contribution in [-0.2, 0) is 4.74 Å². The van der Waals surface area contributed by atoms with Gasteiger partial charge in [-0.15, -0.1) is 0 Å². The molecule has 0 radical (unpaired) electrons. The lowest BCUT2D eigenvalue weighted by Gasteiger charge is -2.26. The van der Waals surface area contributed by atoms with Crippen molar-refractivity contribution in [3.8, 4) is 0 Å². The Morgan fingerprint density at radius 2 is 1.92 bits per heavy atom. The molecule has 12 heavy (non-hydrogen) atoms. The summed E-state index contributed by atoms with van der Waals surface area (Å²) in [7, 11) is 1.74. The zero-order valence-electron chi connectivity index (χ0n) is 8.73. The fraction of sp³-hybridized carbons (Fsp3) is 1.00. The highest BCUT2D eigenvalue weighted by atomic mass is 16.5. The van der Waals surface area contributed by atoms with Crippen LogP contribution in [0, 0.1) is 0 Å². The molecular formula is C10H23NO. The van der Waals surface area contributed by atoms with Gasteiger partial charge in [0.25, 0.3) is 0 Å². The molecule has 0 aromatic heterocycles. The van der Waals surface area contributed by atoms with Crippen molar-refractivity contribution in [3.05, 3.63) is 0 Å². The van der Waals surface area contributed by atoms with Crippen LogP contribution in [0.1, 0.15) is 46.0 Å². The summed E-state index contributed by atoms with van der Waals surface area (Å²) in [5.41, 5.74) is 5.52. The van der Waals surface area contributed by atoms with E-state index in [0.717, 1.165) is 6.42 Å². The van der Waals surface area contributed by atoms with Crippen molar-refractivity contribution in [3.63, 3.8) is 0 Å². The lowest BCUT2D eigenvalue weighted by molar-refractivity contribution is 0.00474. The van der Waals surface area contributed by atoms with E-state index >= 15 is 0 Å². The third-order valence-electron chi connectivity index (χ3n) is 2.48. The van der Waals surface area contributed by atoms with Crippen molar-refractivity contribution in [1.29, 1.82) is 0 Å². The van der Waals surface area contributed by atoms with Gasteiger partial charge in [-0.05, 0) is 13.3 Å². The molecule has 0 rings (SSSR count). The minimum absolute atomic E-state index is 0.0895. The van der Waals surface area contributed by atoms with Gasteiger partial charge >= 0.3 is 0 Å². The summed E-state index contributed by atoms with van der Waals surface area (Å²) in [5, 5.41) is 0. The smallest absolute Gasteiger partial charge is 0.0772 e. The van der Waals surface area contributed by atoms with E-state index in [4.69, 9.17) is 10.5 Å². The van der Waals surface area contributed by atoms with Crippen molar-refractivity contribution in [1.82, 2.24) is 0 Å². The SMILES string of the molecule is CCCCCCC(C)(CN)OC. The summed E-state index contributed by atoms with van der Waals surface area (Å²) in [6, 6.07) is 0. The van der Waals surface area contributed by atoms with Crippen molar-refractivity contribution in [2.75, 3.05) is 13.7 Å². The van der Waals surface area contributed by atoms with Crippen LogP contribution in [0.4, 0.5) is 0 Å². The Hall–Kier alpha value is -0.0800. The van der Waals surface area contributed by atoms with Gasteiger partial charge in [-0.2, -0.15) is 0 Å². The zero-order chi connectivity index (χ0) is 9.45. The number of hydrogen-bond donors (Lipinski definition) is 1. The van der Waals surface area contributed by atoms with Crippen LogP contribution in [0.25, 0.3) is 0 Å². The van der Waals surface area contributed by atoms with E-state index < -0.39 is 0 Å². The number of hydrogen-bond acceptors (Lipinski definition) is 2. The summed E-state index contributed by atoms with van der Waals surface area (Å²) < 4.78 is 5.34. The molecule has 0 saturated carbocycles. The van der Waals surface area contributed by atoms with Crippen molar-refractivity contribution in [2.24, 2.45) is 5.73 Å². The molecule has 0 aliphatic rings. The second kappa shape index (κ2) is 6.44.